The Hall–Kier alpha value is -1.26. The van der Waals surface area contributed by atoms with E-state index in [4.69, 9.17) is 15.9 Å². The fraction of sp³-hybridized carbons (Fsp3) is 0.818. The average molecular weight is 227 g/mol. The Morgan fingerprint density at radius 3 is 2.56 bits per heavy atom. The van der Waals surface area contributed by atoms with Crippen molar-refractivity contribution in [1.29, 1.82) is 5.41 Å². The van der Waals surface area contributed by atoms with Crippen LogP contribution < -0.4 is 5.73 Å². The summed E-state index contributed by atoms with van der Waals surface area (Å²) >= 11 is 0. The standard InChI is InChI=1S/C11H21N3O2/c1-11(2,3)16-10(15)14-7-5-4-6-8(14)9(12)13/h8H,4-7H2,1-3H3,(H3,12,13)/t8-/m0/s1. The second-order valence-electron chi connectivity index (χ2n) is 5.14. The summed E-state index contributed by atoms with van der Waals surface area (Å²) in [6.45, 7) is 6.12. The van der Waals surface area contributed by atoms with E-state index in [2.05, 4.69) is 0 Å². The lowest BCUT2D eigenvalue weighted by atomic mass is 10.0. The van der Waals surface area contributed by atoms with E-state index in [1.54, 1.807) is 4.90 Å². The number of hydrogen-bond acceptors (Lipinski definition) is 3. The molecular weight excluding hydrogens is 206 g/mol. The number of likely N-dealkylation sites (tertiary alicyclic amines) is 1. The first kappa shape index (κ1) is 12.8. The van der Waals surface area contributed by atoms with Crippen molar-refractivity contribution in [3.63, 3.8) is 0 Å². The molecule has 0 radical (unpaired) electrons. The maximum Gasteiger partial charge on any atom is 0.410 e. The average Bonchev–Trinajstić information content (AvgIpc) is 2.15. The molecule has 16 heavy (non-hydrogen) atoms. The van der Waals surface area contributed by atoms with Crippen molar-refractivity contribution in [2.24, 2.45) is 5.73 Å². The summed E-state index contributed by atoms with van der Waals surface area (Å²) in [7, 11) is 0. The van der Waals surface area contributed by atoms with Gasteiger partial charge in [-0.3, -0.25) is 10.3 Å². The van der Waals surface area contributed by atoms with E-state index in [0.717, 1.165) is 19.3 Å². The summed E-state index contributed by atoms with van der Waals surface area (Å²) < 4.78 is 5.29. The van der Waals surface area contributed by atoms with Crippen LogP contribution in [-0.4, -0.2) is 35.0 Å². The van der Waals surface area contributed by atoms with Crippen molar-refractivity contribution in [1.82, 2.24) is 4.90 Å². The quantitative estimate of drug-likeness (QED) is 0.528. The largest absolute Gasteiger partial charge is 0.444 e. The van der Waals surface area contributed by atoms with E-state index in [9.17, 15) is 4.79 Å². The van der Waals surface area contributed by atoms with Gasteiger partial charge in [-0.1, -0.05) is 0 Å². The number of amidine groups is 1. The summed E-state index contributed by atoms with van der Waals surface area (Å²) in [5, 5.41) is 7.47. The molecule has 0 unspecified atom stereocenters. The van der Waals surface area contributed by atoms with Gasteiger partial charge in [-0.05, 0) is 40.0 Å². The highest BCUT2D eigenvalue weighted by Crippen LogP contribution is 2.20. The number of piperidine rings is 1. The zero-order valence-electron chi connectivity index (χ0n) is 10.2. The van der Waals surface area contributed by atoms with Crippen LogP contribution >= 0.6 is 0 Å². The van der Waals surface area contributed by atoms with Gasteiger partial charge in [0, 0.05) is 6.54 Å². The van der Waals surface area contributed by atoms with Gasteiger partial charge in [0.2, 0.25) is 0 Å². The van der Waals surface area contributed by atoms with Crippen LogP contribution in [-0.2, 0) is 4.74 Å². The van der Waals surface area contributed by atoms with E-state index >= 15 is 0 Å². The molecule has 1 rings (SSSR count). The SMILES string of the molecule is CC(C)(C)OC(=O)N1CCCC[C@H]1C(=N)N. The molecule has 1 amide bonds. The number of nitrogens with two attached hydrogens (primary N) is 1. The minimum Gasteiger partial charge on any atom is -0.444 e. The molecule has 0 aromatic carbocycles. The van der Waals surface area contributed by atoms with Gasteiger partial charge >= 0.3 is 6.09 Å². The molecule has 0 spiro atoms. The molecule has 0 bridgehead atoms. The predicted octanol–water partition coefficient (Wildman–Crippen LogP) is 1.71. The van der Waals surface area contributed by atoms with Crippen LogP contribution in [0, 0.1) is 5.41 Å². The highest BCUT2D eigenvalue weighted by atomic mass is 16.6. The molecule has 1 heterocycles. The van der Waals surface area contributed by atoms with Crippen LogP contribution in [0.3, 0.4) is 0 Å². The van der Waals surface area contributed by atoms with Gasteiger partial charge in [0.25, 0.3) is 0 Å². The second-order valence-corrected chi connectivity index (χ2v) is 5.14. The minimum atomic E-state index is -0.504. The topological polar surface area (TPSA) is 79.4 Å². The van der Waals surface area contributed by atoms with Crippen LogP contribution in [0.4, 0.5) is 4.79 Å². The fourth-order valence-corrected chi connectivity index (χ4v) is 1.79. The van der Waals surface area contributed by atoms with Crippen LogP contribution in [0.1, 0.15) is 40.0 Å². The van der Waals surface area contributed by atoms with Gasteiger partial charge in [-0.2, -0.15) is 0 Å². The van der Waals surface area contributed by atoms with Gasteiger partial charge in [-0.15, -0.1) is 0 Å². The molecule has 5 nitrogen and oxygen atoms in total. The number of nitrogens with zero attached hydrogens (tertiary/aromatic N) is 1. The van der Waals surface area contributed by atoms with Crippen molar-refractivity contribution < 1.29 is 9.53 Å². The van der Waals surface area contributed by atoms with Gasteiger partial charge in [-0.25, -0.2) is 4.79 Å². The first-order valence-corrected chi connectivity index (χ1v) is 5.65. The van der Waals surface area contributed by atoms with Crippen molar-refractivity contribution in [2.75, 3.05) is 6.54 Å². The van der Waals surface area contributed by atoms with Gasteiger partial charge in [0.05, 0.1) is 6.04 Å². The first-order valence-electron chi connectivity index (χ1n) is 5.65. The summed E-state index contributed by atoms with van der Waals surface area (Å²) in [4.78, 5) is 13.4. The van der Waals surface area contributed by atoms with Crippen molar-refractivity contribution in [3.05, 3.63) is 0 Å². The number of ether oxygens (including phenoxy) is 1. The highest BCUT2D eigenvalue weighted by molar-refractivity contribution is 5.86. The normalized spacial score (nSPS) is 21.7. The molecule has 5 heteroatoms. The molecule has 0 aliphatic carbocycles. The molecule has 92 valence electrons. The zero-order chi connectivity index (χ0) is 12.3. The molecular formula is C11H21N3O2. The summed E-state index contributed by atoms with van der Waals surface area (Å²) in [5.41, 5.74) is 4.99. The smallest absolute Gasteiger partial charge is 0.410 e. The number of carbonyl (C=O) groups excluding carboxylic acids is 1. The Bertz CT molecular complexity index is 283. The Balaban J connectivity index is 2.68. The monoisotopic (exact) mass is 227 g/mol. The first-order chi connectivity index (χ1) is 7.31. The van der Waals surface area contributed by atoms with Crippen molar-refractivity contribution in [3.8, 4) is 0 Å². The highest BCUT2D eigenvalue weighted by Gasteiger charge is 2.31. The third-order valence-electron chi connectivity index (χ3n) is 2.49. The van der Waals surface area contributed by atoms with E-state index in [-0.39, 0.29) is 18.0 Å². The molecule has 1 aliphatic heterocycles. The van der Waals surface area contributed by atoms with Gasteiger partial charge in [0.15, 0.2) is 0 Å². The summed E-state index contributed by atoms with van der Waals surface area (Å²) in [5.74, 6) is 0.0468. The fourth-order valence-electron chi connectivity index (χ4n) is 1.79. The number of hydrogen-bond donors (Lipinski definition) is 2. The third kappa shape index (κ3) is 3.40. The molecule has 0 aromatic heterocycles. The molecule has 1 aliphatic rings. The number of rotatable bonds is 1. The molecule has 1 atom stereocenters. The Kier molecular flexibility index (Phi) is 3.78. The maximum absolute atomic E-state index is 11.9. The van der Waals surface area contributed by atoms with Crippen LogP contribution in [0.25, 0.3) is 0 Å². The van der Waals surface area contributed by atoms with E-state index < -0.39 is 5.60 Å². The molecule has 1 fully saturated rings. The maximum atomic E-state index is 11.9. The van der Waals surface area contributed by atoms with Gasteiger partial charge < -0.3 is 10.5 Å². The molecule has 1 saturated heterocycles. The van der Waals surface area contributed by atoms with Crippen molar-refractivity contribution >= 4 is 11.9 Å². The number of amides is 1. The van der Waals surface area contributed by atoms with E-state index in [0.29, 0.717) is 6.54 Å². The lowest BCUT2D eigenvalue weighted by Gasteiger charge is -2.35. The molecule has 0 aromatic rings. The Morgan fingerprint density at radius 1 is 1.44 bits per heavy atom. The lowest BCUT2D eigenvalue weighted by Crippen LogP contribution is -2.51. The van der Waals surface area contributed by atoms with Crippen LogP contribution in [0.15, 0.2) is 0 Å². The van der Waals surface area contributed by atoms with E-state index in [1.807, 2.05) is 20.8 Å². The lowest BCUT2D eigenvalue weighted by molar-refractivity contribution is 0.0165. The number of nitrogens with one attached hydrogen (secondary N) is 1. The summed E-state index contributed by atoms with van der Waals surface area (Å²) in [6.07, 6.45) is 2.34. The molecule has 3 N–H and O–H groups in total. The second kappa shape index (κ2) is 4.72. The summed E-state index contributed by atoms with van der Waals surface area (Å²) in [6, 6.07) is -0.288. The minimum absolute atomic E-state index is 0.0468. The number of carbonyl (C=O) groups is 1. The van der Waals surface area contributed by atoms with Crippen molar-refractivity contribution in [2.45, 2.75) is 51.7 Å². The Morgan fingerprint density at radius 2 is 2.06 bits per heavy atom. The van der Waals surface area contributed by atoms with E-state index in [1.165, 1.54) is 0 Å². The van der Waals surface area contributed by atoms with Crippen LogP contribution in [0.5, 0.6) is 0 Å². The van der Waals surface area contributed by atoms with Crippen LogP contribution in [0.2, 0.25) is 0 Å². The zero-order valence-corrected chi connectivity index (χ0v) is 10.2. The Labute approximate surface area is 96.4 Å². The predicted molar refractivity (Wildman–Crippen MR) is 62.5 cm³/mol. The van der Waals surface area contributed by atoms with Gasteiger partial charge in [0.1, 0.15) is 11.4 Å². The molecule has 0 saturated carbocycles. The third-order valence-corrected chi connectivity index (χ3v) is 2.49.